The molecule has 0 saturated heterocycles. The van der Waals surface area contributed by atoms with Crippen molar-refractivity contribution in [2.75, 3.05) is 5.43 Å². The number of hydrogen-bond donors (Lipinski definition) is 1. The Morgan fingerprint density at radius 1 is 1.10 bits per heavy atom. The van der Waals surface area contributed by atoms with Crippen molar-refractivity contribution in [1.29, 1.82) is 0 Å². The van der Waals surface area contributed by atoms with Crippen molar-refractivity contribution < 1.29 is 9.18 Å². The van der Waals surface area contributed by atoms with Crippen LogP contribution in [-0.2, 0) is 10.3 Å². The number of carbonyl (C=O) groups excluding carboxylic acids is 1. The van der Waals surface area contributed by atoms with Crippen LogP contribution >= 0.6 is 0 Å². The zero-order valence-corrected chi connectivity index (χ0v) is 11.5. The number of aliphatic imine (C=N–C) groups is 1. The van der Waals surface area contributed by atoms with E-state index in [2.05, 4.69) is 10.4 Å². The molecule has 1 heterocycles. The standard InChI is InChI=1S/C16H14FN3O/c1-16(12-7-9-13(17)10-8-12)15(21)20(11-18-16)19-14-5-3-2-4-6-14/h2-11,19H,1H3. The molecule has 4 nitrogen and oxygen atoms in total. The fourth-order valence-corrected chi connectivity index (χ4v) is 2.22. The normalized spacial score (nSPS) is 20.9. The van der Waals surface area contributed by atoms with Crippen molar-refractivity contribution in [3.63, 3.8) is 0 Å². The van der Waals surface area contributed by atoms with E-state index in [1.54, 1.807) is 19.1 Å². The van der Waals surface area contributed by atoms with Gasteiger partial charge in [-0.3, -0.25) is 15.2 Å². The van der Waals surface area contributed by atoms with Crippen molar-refractivity contribution in [3.05, 3.63) is 66.0 Å². The Balaban J connectivity index is 1.83. The summed E-state index contributed by atoms with van der Waals surface area (Å²) >= 11 is 0. The summed E-state index contributed by atoms with van der Waals surface area (Å²) in [5.41, 5.74) is 3.40. The van der Waals surface area contributed by atoms with E-state index in [1.165, 1.54) is 23.5 Å². The van der Waals surface area contributed by atoms with Crippen molar-refractivity contribution in [2.45, 2.75) is 12.5 Å². The summed E-state index contributed by atoms with van der Waals surface area (Å²) in [5, 5.41) is 1.35. The molecule has 0 aromatic heterocycles. The fourth-order valence-electron chi connectivity index (χ4n) is 2.22. The smallest absolute Gasteiger partial charge is 0.278 e. The Labute approximate surface area is 121 Å². The summed E-state index contributed by atoms with van der Waals surface area (Å²) < 4.78 is 13.0. The molecule has 0 bridgehead atoms. The molecule has 21 heavy (non-hydrogen) atoms. The zero-order chi connectivity index (χ0) is 14.9. The SMILES string of the molecule is CC1(c2ccc(F)cc2)N=CN(Nc2ccccc2)C1=O. The van der Waals surface area contributed by atoms with Gasteiger partial charge in [0.15, 0.2) is 5.54 Å². The highest BCUT2D eigenvalue weighted by atomic mass is 19.1. The number of rotatable bonds is 3. The van der Waals surface area contributed by atoms with Crippen LogP contribution in [0.2, 0.25) is 0 Å². The minimum absolute atomic E-state index is 0.210. The molecule has 1 unspecified atom stereocenters. The van der Waals surface area contributed by atoms with E-state index in [9.17, 15) is 9.18 Å². The average Bonchev–Trinajstić information content (AvgIpc) is 2.79. The molecule has 106 valence electrons. The molecule has 0 spiro atoms. The minimum atomic E-state index is -1.03. The minimum Gasteiger partial charge on any atom is -0.290 e. The third kappa shape index (κ3) is 2.38. The van der Waals surface area contributed by atoms with E-state index in [0.717, 1.165) is 5.69 Å². The molecule has 3 rings (SSSR count). The largest absolute Gasteiger partial charge is 0.290 e. The van der Waals surface area contributed by atoms with Gasteiger partial charge in [0.2, 0.25) is 0 Å². The van der Waals surface area contributed by atoms with Gasteiger partial charge in [-0.15, -0.1) is 0 Å². The summed E-state index contributed by atoms with van der Waals surface area (Å²) in [5.74, 6) is -0.547. The Morgan fingerprint density at radius 3 is 2.43 bits per heavy atom. The second kappa shape index (κ2) is 5.01. The molecule has 1 atom stereocenters. The maximum Gasteiger partial charge on any atom is 0.278 e. The van der Waals surface area contributed by atoms with Crippen molar-refractivity contribution >= 4 is 17.9 Å². The van der Waals surface area contributed by atoms with Crippen LogP contribution < -0.4 is 5.43 Å². The molecule has 5 heteroatoms. The summed E-state index contributed by atoms with van der Waals surface area (Å²) in [4.78, 5) is 16.9. The number of carbonyl (C=O) groups is 1. The molecule has 2 aromatic carbocycles. The third-order valence-electron chi connectivity index (χ3n) is 3.50. The maximum absolute atomic E-state index is 13.0. The van der Waals surface area contributed by atoms with Gasteiger partial charge in [0.05, 0.1) is 5.69 Å². The second-order valence-corrected chi connectivity index (χ2v) is 4.98. The number of benzene rings is 2. The lowest BCUT2D eigenvalue weighted by molar-refractivity contribution is -0.129. The number of anilines is 1. The number of hydrazine groups is 1. The van der Waals surface area contributed by atoms with Crippen molar-refractivity contribution in [1.82, 2.24) is 5.01 Å². The molecule has 1 amide bonds. The topological polar surface area (TPSA) is 44.7 Å². The van der Waals surface area contributed by atoms with E-state index < -0.39 is 5.54 Å². The van der Waals surface area contributed by atoms with Gasteiger partial charge >= 0.3 is 0 Å². The number of amides is 1. The summed E-state index contributed by atoms with van der Waals surface area (Å²) in [6, 6.07) is 15.2. The summed E-state index contributed by atoms with van der Waals surface area (Å²) in [6.07, 6.45) is 1.46. The van der Waals surface area contributed by atoms with Crippen LogP contribution in [0.15, 0.2) is 59.6 Å². The van der Waals surface area contributed by atoms with Gasteiger partial charge in [0.1, 0.15) is 12.2 Å². The Morgan fingerprint density at radius 2 is 1.76 bits per heavy atom. The monoisotopic (exact) mass is 283 g/mol. The highest BCUT2D eigenvalue weighted by Gasteiger charge is 2.42. The first-order valence-electron chi connectivity index (χ1n) is 6.56. The molecule has 1 aliphatic heterocycles. The first-order valence-corrected chi connectivity index (χ1v) is 6.56. The third-order valence-corrected chi connectivity index (χ3v) is 3.50. The molecule has 1 N–H and O–H groups in total. The number of hydrogen-bond acceptors (Lipinski definition) is 3. The van der Waals surface area contributed by atoms with Gasteiger partial charge < -0.3 is 0 Å². The van der Waals surface area contributed by atoms with Crippen LogP contribution in [0.4, 0.5) is 10.1 Å². The highest BCUT2D eigenvalue weighted by molar-refractivity contribution is 6.01. The average molecular weight is 283 g/mol. The van der Waals surface area contributed by atoms with Gasteiger partial charge in [-0.25, -0.2) is 9.40 Å². The molecule has 0 fully saturated rings. The summed E-state index contributed by atoms with van der Waals surface area (Å²) in [6.45, 7) is 1.71. The molecule has 0 radical (unpaired) electrons. The van der Waals surface area contributed by atoms with Gasteiger partial charge in [-0.1, -0.05) is 30.3 Å². The van der Waals surface area contributed by atoms with Crippen LogP contribution in [0.5, 0.6) is 0 Å². The van der Waals surface area contributed by atoms with Crippen LogP contribution in [0.3, 0.4) is 0 Å². The maximum atomic E-state index is 13.0. The molecular formula is C16H14FN3O. The van der Waals surface area contributed by atoms with Crippen LogP contribution in [0, 0.1) is 5.82 Å². The molecule has 0 aliphatic carbocycles. The van der Waals surface area contributed by atoms with Gasteiger partial charge in [-0.05, 0) is 36.8 Å². The van der Waals surface area contributed by atoms with Crippen LogP contribution in [-0.4, -0.2) is 17.3 Å². The molecule has 1 aliphatic rings. The van der Waals surface area contributed by atoms with Gasteiger partial charge in [0, 0.05) is 0 Å². The highest BCUT2D eigenvalue weighted by Crippen LogP contribution is 2.31. The predicted octanol–water partition coefficient (Wildman–Crippen LogP) is 2.94. The van der Waals surface area contributed by atoms with Crippen LogP contribution in [0.25, 0.3) is 0 Å². The van der Waals surface area contributed by atoms with Crippen molar-refractivity contribution in [2.24, 2.45) is 4.99 Å². The molecule has 0 saturated carbocycles. The molecular weight excluding hydrogens is 269 g/mol. The number of nitrogens with zero attached hydrogens (tertiary/aromatic N) is 2. The number of nitrogens with one attached hydrogen (secondary N) is 1. The predicted molar refractivity (Wildman–Crippen MR) is 79.2 cm³/mol. The fraction of sp³-hybridized carbons (Fsp3) is 0.125. The number of halogens is 1. The van der Waals surface area contributed by atoms with E-state index in [-0.39, 0.29) is 11.7 Å². The van der Waals surface area contributed by atoms with E-state index in [0.29, 0.717) is 5.56 Å². The number of para-hydroxylation sites is 1. The summed E-state index contributed by atoms with van der Waals surface area (Å²) in [7, 11) is 0. The lowest BCUT2D eigenvalue weighted by Gasteiger charge is -2.23. The van der Waals surface area contributed by atoms with E-state index in [4.69, 9.17) is 0 Å². The zero-order valence-electron chi connectivity index (χ0n) is 11.5. The lowest BCUT2D eigenvalue weighted by atomic mass is 9.92. The Kier molecular flexibility index (Phi) is 3.17. The first-order chi connectivity index (χ1) is 10.1. The van der Waals surface area contributed by atoms with Crippen molar-refractivity contribution in [3.8, 4) is 0 Å². The Hall–Kier alpha value is -2.69. The first kappa shape index (κ1) is 13.3. The quantitative estimate of drug-likeness (QED) is 0.941. The van der Waals surface area contributed by atoms with Gasteiger partial charge in [0.25, 0.3) is 5.91 Å². The second-order valence-electron chi connectivity index (χ2n) is 4.98. The van der Waals surface area contributed by atoms with Gasteiger partial charge in [-0.2, -0.15) is 0 Å². The van der Waals surface area contributed by atoms with E-state index in [1.807, 2.05) is 30.3 Å². The lowest BCUT2D eigenvalue weighted by Crippen LogP contribution is -2.40. The van der Waals surface area contributed by atoms with E-state index >= 15 is 0 Å². The Bertz CT molecular complexity index is 684. The van der Waals surface area contributed by atoms with Crippen LogP contribution in [0.1, 0.15) is 12.5 Å². The molecule has 2 aromatic rings.